The van der Waals surface area contributed by atoms with Crippen molar-refractivity contribution in [3.63, 3.8) is 0 Å². The third-order valence-electron chi connectivity index (χ3n) is 3.67. The predicted octanol–water partition coefficient (Wildman–Crippen LogP) is 2.02. The Bertz CT molecular complexity index is 728. The molecule has 1 aliphatic rings. The van der Waals surface area contributed by atoms with E-state index in [-0.39, 0.29) is 17.4 Å². The summed E-state index contributed by atoms with van der Waals surface area (Å²) in [5, 5.41) is 1.68. The van der Waals surface area contributed by atoms with Crippen molar-refractivity contribution >= 4 is 23.2 Å². The molecule has 0 bridgehead atoms. The number of hydrogen-bond donors (Lipinski definition) is 0. The molecule has 1 aromatic heterocycles. The molecular formula is C15H13F2N3O2S. The van der Waals surface area contributed by atoms with Crippen LogP contribution in [0, 0.1) is 11.6 Å². The molecule has 5 nitrogen and oxygen atoms in total. The maximum absolute atomic E-state index is 13.2. The molecule has 0 saturated carbocycles. The zero-order chi connectivity index (χ0) is 16.4. The number of rotatable bonds is 2. The number of amides is 2. The van der Waals surface area contributed by atoms with Crippen molar-refractivity contribution in [3.8, 4) is 0 Å². The topological polar surface area (TPSA) is 53.5 Å². The van der Waals surface area contributed by atoms with Crippen molar-refractivity contribution in [2.45, 2.75) is 0 Å². The summed E-state index contributed by atoms with van der Waals surface area (Å²) in [7, 11) is 0. The molecule has 1 saturated heterocycles. The van der Waals surface area contributed by atoms with Gasteiger partial charge >= 0.3 is 0 Å². The molecular weight excluding hydrogens is 324 g/mol. The van der Waals surface area contributed by atoms with Gasteiger partial charge in [0, 0.05) is 37.1 Å². The maximum Gasteiger partial charge on any atom is 0.273 e. The molecule has 0 unspecified atom stereocenters. The van der Waals surface area contributed by atoms with Gasteiger partial charge in [-0.3, -0.25) is 9.59 Å². The van der Waals surface area contributed by atoms with Gasteiger partial charge < -0.3 is 9.80 Å². The van der Waals surface area contributed by atoms with Gasteiger partial charge in [-0.25, -0.2) is 13.8 Å². The molecule has 120 valence electrons. The van der Waals surface area contributed by atoms with Crippen LogP contribution in [-0.2, 0) is 0 Å². The third-order valence-corrected chi connectivity index (χ3v) is 4.26. The van der Waals surface area contributed by atoms with Gasteiger partial charge in [0.05, 0.1) is 5.51 Å². The van der Waals surface area contributed by atoms with Gasteiger partial charge in [0.15, 0.2) is 11.6 Å². The van der Waals surface area contributed by atoms with Gasteiger partial charge in [0.1, 0.15) is 5.69 Å². The number of hydrogen-bond acceptors (Lipinski definition) is 4. The Hall–Kier alpha value is -2.35. The van der Waals surface area contributed by atoms with Crippen LogP contribution in [0.5, 0.6) is 0 Å². The normalized spacial score (nSPS) is 14.9. The Morgan fingerprint density at radius 1 is 1.00 bits per heavy atom. The highest BCUT2D eigenvalue weighted by Gasteiger charge is 2.26. The van der Waals surface area contributed by atoms with E-state index in [1.165, 1.54) is 22.3 Å². The third kappa shape index (κ3) is 3.21. The second kappa shape index (κ2) is 6.41. The van der Waals surface area contributed by atoms with E-state index in [0.717, 1.165) is 12.1 Å². The summed E-state index contributed by atoms with van der Waals surface area (Å²) >= 11 is 1.35. The second-order valence-corrected chi connectivity index (χ2v) is 5.81. The minimum Gasteiger partial charge on any atom is -0.335 e. The highest BCUT2D eigenvalue weighted by molar-refractivity contribution is 7.07. The molecule has 2 amide bonds. The van der Waals surface area contributed by atoms with Gasteiger partial charge in [0.2, 0.25) is 0 Å². The molecule has 8 heteroatoms. The van der Waals surface area contributed by atoms with Crippen LogP contribution in [0.15, 0.2) is 29.1 Å². The number of halogens is 2. The molecule has 0 atom stereocenters. The first-order valence-corrected chi connectivity index (χ1v) is 7.92. The summed E-state index contributed by atoms with van der Waals surface area (Å²) in [4.78, 5) is 31.6. The molecule has 0 aliphatic carbocycles. The average molecular weight is 337 g/mol. The lowest BCUT2D eigenvalue weighted by Gasteiger charge is -2.34. The predicted molar refractivity (Wildman–Crippen MR) is 80.3 cm³/mol. The Morgan fingerprint density at radius 2 is 1.65 bits per heavy atom. The fraction of sp³-hybridized carbons (Fsp3) is 0.267. The summed E-state index contributed by atoms with van der Waals surface area (Å²) in [6.07, 6.45) is 0. The Kier molecular flexibility index (Phi) is 4.33. The Balaban J connectivity index is 1.63. The Morgan fingerprint density at radius 3 is 2.22 bits per heavy atom. The number of thiazole rings is 1. The van der Waals surface area contributed by atoms with Crippen molar-refractivity contribution in [1.29, 1.82) is 0 Å². The molecule has 2 aromatic rings. The lowest BCUT2D eigenvalue weighted by molar-refractivity contribution is 0.0532. The first-order chi connectivity index (χ1) is 11.1. The van der Waals surface area contributed by atoms with E-state index in [0.29, 0.717) is 31.9 Å². The van der Waals surface area contributed by atoms with E-state index >= 15 is 0 Å². The lowest BCUT2D eigenvalue weighted by Crippen LogP contribution is -2.50. The SMILES string of the molecule is O=C(c1ccc(F)c(F)c1)N1CCN(C(=O)c2cscn2)CC1. The minimum absolute atomic E-state index is 0.100. The molecule has 23 heavy (non-hydrogen) atoms. The largest absolute Gasteiger partial charge is 0.335 e. The smallest absolute Gasteiger partial charge is 0.273 e. The van der Waals surface area contributed by atoms with Crippen LogP contribution in [0.4, 0.5) is 8.78 Å². The van der Waals surface area contributed by atoms with E-state index in [1.54, 1.807) is 15.8 Å². The van der Waals surface area contributed by atoms with Crippen LogP contribution in [0.1, 0.15) is 20.8 Å². The molecule has 1 fully saturated rings. The summed E-state index contributed by atoms with van der Waals surface area (Å²) in [5.74, 6) is -2.57. The number of carbonyl (C=O) groups is 2. The van der Waals surface area contributed by atoms with E-state index in [1.807, 2.05) is 0 Å². The van der Waals surface area contributed by atoms with Crippen LogP contribution in [-0.4, -0.2) is 52.8 Å². The second-order valence-electron chi connectivity index (χ2n) is 5.09. The fourth-order valence-corrected chi connectivity index (χ4v) is 2.93. The summed E-state index contributed by atoms with van der Waals surface area (Å²) in [6, 6.07) is 3.09. The fourth-order valence-electron chi connectivity index (χ4n) is 2.40. The number of piperazine rings is 1. The van der Waals surface area contributed by atoms with Crippen molar-refractivity contribution < 1.29 is 18.4 Å². The average Bonchev–Trinajstić information content (AvgIpc) is 3.11. The first-order valence-electron chi connectivity index (χ1n) is 6.98. The maximum atomic E-state index is 13.2. The molecule has 3 rings (SSSR count). The minimum atomic E-state index is -1.05. The van der Waals surface area contributed by atoms with Gasteiger partial charge in [-0.1, -0.05) is 0 Å². The number of carbonyl (C=O) groups excluding carboxylic acids is 2. The first kappa shape index (κ1) is 15.5. The number of benzene rings is 1. The van der Waals surface area contributed by atoms with Crippen molar-refractivity contribution in [3.05, 3.63) is 52.0 Å². The van der Waals surface area contributed by atoms with Gasteiger partial charge in [-0.05, 0) is 18.2 Å². The molecule has 2 heterocycles. The standard InChI is InChI=1S/C15H13F2N3O2S/c16-11-2-1-10(7-12(11)17)14(21)19-3-5-20(6-4-19)15(22)13-8-23-9-18-13/h1-2,7-9H,3-6H2. The van der Waals surface area contributed by atoms with Gasteiger partial charge in [-0.15, -0.1) is 11.3 Å². The van der Waals surface area contributed by atoms with E-state index < -0.39 is 11.6 Å². The zero-order valence-electron chi connectivity index (χ0n) is 12.0. The zero-order valence-corrected chi connectivity index (χ0v) is 12.9. The highest BCUT2D eigenvalue weighted by atomic mass is 32.1. The monoisotopic (exact) mass is 337 g/mol. The van der Waals surface area contributed by atoms with Gasteiger partial charge in [-0.2, -0.15) is 0 Å². The van der Waals surface area contributed by atoms with E-state index in [2.05, 4.69) is 4.98 Å². The molecule has 0 N–H and O–H groups in total. The van der Waals surface area contributed by atoms with E-state index in [9.17, 15) is 18.4 Å². The molecule has 0 spiro atoms. The number of aromatic nitrogens is 1. The van der Waals surface area contributed by atoms with E-state index in [4.69, 9.17) is 0 Å². The van der Waals surface area contributed by atoms with Gasteiger partial charge in [0.25, 0.3) is 11.8 Å². The lowest BCUT2D eigenvalue weighted by atomic mass is 10.1. The molecule has 1 aliphatic heterocycles. The van der Waals surface area contributed by atoms with Crippen molar-refractivity contribution in [1.82, 2.24) is 14.8 Å². The summed E-state index contributed by atoms with van der Waals surface area (Å²) < 4.78 is 26.2. The van der Waals surface area contributed by atoms with Crippen LogP contribution in [0.3, 0.4) is 0 Å². The quantitative estimate of drug-likeness (QED) is 0.842. The van der Waals surface area contributed by atoms with Crippen LogP contribution >= 0.6 is 11.3 Å². The number of nitrogens with zero attached hydrogens (tertiary/aromatic N) is 3. The Labute approximate surface area is 135 Å². The summed E-state index contributed by atoms with van der Waals surface area (Å²) in [5.41, 5.74) is 2.09. The molecule has 0 radical (unpaired) electrons. The van der Waals surface area contributed by atoms with Crippen molar-refractivity contribution in [2.24, 2.45) is 0 Å². The highest BCUT2D eigenvalue weighted by Crippen LogP contribution is 2.14. The summed E-state index contributed by atoms with van der Waals surface area (Å²) in [6.45, 7) is 1.44. The van der Waals surface area contributed by atoms with Crippen LogP contribution < -0.4 is 0 Å². The van der Waals surface area contributed by atoms with Crippen LogP contribution in [0.2, 0.25) is 0 Å². The van der Waals surface area contributed by atoms with Crippen LogP contribution in [0.25, 0.3) is 0 Å². The van der Waals surface area contributed by atoms with Crippen molar-refractivity contribution in [2.75, 3.05) is 26.2 Å². The molecule has 1 aromatic carbocycles.